The fraction of sp³-hybridized carbons (Fsp3) is 0.200. The second-order valence-corrected chi connectivity index (χ2v) is 2.71. The van der Waals surface area contributed by atoms with Crippen LogP contribution in [0, 0.1) is 0 Å². The maximum Gasteiger partial charge on any atom is 0.0407 e. The van der Waals surface area contributed by atoms with Crippen LogP contribution in [0.2, 0.25) is 0 Å². The van der Waals surface area contributed by atoms with Crippen LogP contribution >= 0.6 is 0 Å². The van der Waals surface area contributed by atoms with E-state index in [0.29, 0.717) is 0 Å². The Kier molecular flexibility index (Phi) is 1.42. The molecule has 1 nitrogen and oxygen atoms in total. The number of rotatable bonds is 0. The summed E-state index contributed by atoms with van der Waals surface area (Å²) < 4.78 is 0. The van der Waals surface area contributed by atoms with Gasteiger partial charge in [0.2, 0.25) is 0 Å². The Hall–Kier alpha value is -1.24. The summed E-state index contributed by atoms with van der Waals surface area (Å²) in [5.41, 5.74) is 4.02. The minimum Gasteiger partial charge on any atom is -0.381 e. The first kappa shape index (κ1) is 6.47. The van der Waals surface area contributed by atoms with E-state index in [4.69, 9.17) is 0 Å². The Labute approximate surface area is 66.7 Å². The zero-order valence-corrected chi connectivity index (χ0v) is 6.59. The minimum absolute atomic E-state index is 0.982. The molecule has 1 aliphatic rings. The van der Waals surface area contributed by atoms with Gasteiger partial charge in [-0.1, -0.05) is 30.3 Å². The van der Waals surface area contributed by atoms with Crippen LogP contribution < -0.4 is 5.32 Å². The lowest BCUT2D eigenvalue weighted by Gasteiger charge is -1.96. The Morgan fingerprint density at radius 3 is 3.00 bits per heavy atom. The van der Waals surface area contributed by atoms with Crippen LogP contribution in [0.4, 0.5) is 0 Å². The van der Waals surface area contributed by atoms with E-state index in [-0.39, 0.29) is 0 Å². The van der Waals surface area contributed by atoms with Crippen molar-refractivity contribution in [2.45, 2.75) is 13.5 Å². The quantitative estimate of drug-likeness (QED) is 0.589. The van der Waals surface area contributed by atoms with Gasteiger partial charge in [-0.15, -0.1) is 0 Å². The third-order valence-electron chi connectivity index (χ3n) is 2.07. The molecule has 0 atom stereocenters. The SMILES string of the molecule is C/C=C1\NCc2ccccc21. The zero-order chi connectivity index (χ0) is 7.68. The Balaban J connectivity index is 2.55. The number of nitrogens with one attached hydrogen (secondary N) is 1. The molecule has 0 aliphatic carbocycles. The van der Waals surface area contributed by atoms with Crippen LogP contribution in [0.1, 0.15) is 18.1 Å². The average molecular weight is 145 g/mol. The molecule has 1 aromatic rings. The van der Waals surface area contributed by atoms with Gasteiger partial charge in [-0.25, -0.2) is 0 Å². The molecule has 0 aromatic heterocycles. The molecule has 1 aliphatic heterocycles. The predicted molar refractivity (Wildman–Crippen MR) is 46.9 cm³/mol. The third-order valence-corrected chi connectivity index (χ3v) is 2.07. The standard InChI is InChI=1S/C10H11N/c1-2-10-9-6-4-3-5-8(9)7-11-10/h2-6,11H,7H2,1H3/b10-2-. The van der Waals surface area contributed by atoms with Gasteiger partial charge in [0.05, 0.1) is 0 Å². The van der Waals surface area contributed by atoms with Crippen molar-refractivity contribution in [3.05, 3.63) is 41.5 Å². The molecule has 1 aromatic carbocycles. The molecule has 0 saturated carbocycles. The first-order valence-corrected chi connectivity index (χ1v) is 3.90. The van der Waals surface area contributed by atoms with Gasteiger partial charge in [-0.2, -0.15) is 0 Å². The summed E-state index contributed by atoms with van der Waals surface area (Å²) >= 11 is 0. The van der Waals surface area contributed by atoms with E-state index in [9.17, 15) is 0 Å². The lowest BCUT2D eigenvalue weighted by Crippen LogP contribution is -1.99. The summed E-state index contributed by atoms with van der Waals surface area (Å²) in [4.78, 5) is 0. The van der Waals surface area contributed by atoms with Crippen LogP contribution in [-0.4, -0.2) is 0 Å². The Bertz CT molecular complexity index is 299. The van der Waals surface area contributed by atoms with E-state index in [2.05, 4.69) is 42.6 Å². The Morgan fingerprint density at radius 1 is 1.36 bits per heavy atom. The molecule has 0 fully saturated rings. The second kappa shape index (κ2) is 2.42. The van der Waals surface area contributed by atoms with Gasteiger partial charge in [0.1, 0.15) is 0 Å². The first-order valence-electron chi connectivity index (χ1n) is 3.90. The van der Waals surface area contributed by atoms with Gasteiger partial charge in [0.25, 0.3) is 0 Å². The van der Waals surface area contributed by atoms with E-state index < -0.39 is 0 Å². The fourth-order valence-corrected chi connectivity index (χ4v) is 1.48. The van der Waals surface area contributed by atoms with Crippen LogP contribution in [0.5, 0.6) is 0 Å². The molecule has 0 saturated heterocycles. The largest absolute Gasteiger partial charge is 0.381 e. The molecule has 0 unspecified atom stereocenters. The molecule has 2 rings (SSSR count). The summed E-state index contributed by atoms with van der Waals surface area (Å²) in [7, 11) is 0. The number of benzene rings is 1. The first-order chi connectivity index (χ1) is 5.42. The van der Waals surface area contributed by atoms with Crippen molar-refractivity contribution in [3.8, 4) is 0 Å². The van der Waals surface area contributed by atoms with E-state index >= 15 is 0 Å². The second-order valence-electron chi connectivity index (χ2n) is 2.71. The minimum atomic E-state index is 0.982. The molecular formula is C10H11N. The summed E-state index contributed by atoms with van der Waals surface area (Å²) in [6, 6.07) is 8.48. The highest BCUT2D eigenvalue weighted by Crippen LogP contribution is 2.22. The number of fused-ring (bicyclic) bond motifs is 1. The van der Waals surface area contributed by atoms with E-state index in [0.717, 1.165) is 6.54 Å². The van der Waals surface area contributed by atoms with Crippen molar-refractivity contribution in [2.75, 3.05) is 0 Å². The van der Waals surface area contributed by atoms with Crippen LogP contribution in [0.3, 0.4) is 0 Å². The number of hydrogen-bond donors (Lipinski definition) is 1. The molecule has 0 radical (unpaired) electrons. The average Bonchev–Trinajstić information content (AvgIpc) is 2.47. The smallest absolute Gasteiger partial charge is 0.0407 e. The Morgan fingerprint density at radius 2 is 2.18 bits per heavy atom. The van der Waals surface area contributed by atoms with E-state index in [1.54, 1.807) is 0 Å². The molecule has 11 heavy (non-hydrogen) atoms. The third kappa shape index (κ3) is 0.929. The van der Waals surface area contributed by atoms with Gasteiger partial charge in [0.15, 0.2) is 0 Å². The van der Waals surface area contributed by atoms with Gasteiger partial charge in [-0.3, -0.25) is 0 Å². The summed E-state index contributed by atoms with van der Waals surface area (Å²) in [5, 5.41) is 3.33. The van der Waals surface area contributed by atoms with Crippen LogP contribution in [0.25, 0.3) is 5.70 Å². The van der Waals surface area contributed by atoms with Gasteiger partial charge < -0.3 is 5.32 Å². The molecule has 1 heteroatoms. The normalized spacial score (nSPS) is 18.1. The van der Waals surface area contributed by atoms with Crippen molar-refractivity contribution in [1.82, 2.24) is 5.32 Å². The number of hydrogen-bond acceptors (Lipinski definition) is 1. The van der Waals surface area contributed by atoms with Crippen molar-refractivity contribution >= 4 is 5.70 Å². The topological polar surface area (TPSA) is 12.0 Å². The molecule has 0 amide bonds. The predicted octanol–water partition coefficient (Wildman–Crippen LogP) is 2.15. The van der Waals surface area contributed by atoms with Crippen LogP contribution in [0.15, 0.2) is 30.3 Å². The molecule has 1 heterocycles. The van der Waals surface area contributed by atoms with Crippen molar-refractivity contribution in [3.63, 3.8) is 0 Å². The highest BCUT2D eigenvalue weighted by Gasteiger charge is 2.12. The number of allylic oxidation sites excluding steroid dienone is 1. The monoisotopic (exact) mass is 145 g/mol. The highest BCUT2D eigenvalue weighted by atomic mass is 14.9. The lowest BCUT2D eigenvalue weighted by atomic mass is 10.1. The molecule has 1 N–H and O–H groups in total. The maximum atomic E-state index is 3.33. The van der Waals surface area contributed by atoms with Crippen molar-refractivity contribution < 1.29 is 0 Å². The van der Waals surface area contributed by atoms with Crippen LogP contribution in [-0.2, 0) is 6.54 Å². The summed E-state index contributed by atoms with van der Waals surface area (Å²) in [6.45, 7) is 3.04. The van der Waals surface area contributed by atoms with Gasteiger partial charge in [-0.05, 0) is 12.5 Å². The fourth-order valence-electron chi connectivity index (χ4n) is 1.48. The zero-order valence-electron chi connectivity index (χ0n) is 6.59. The van der Waals surface area contributed by atoms with Gasteiger partial charge >= 0.3 is 0 Å². The van der Waals surface area contributed by atoms with E-state index in [1.165, 1.54) is 16.8 Å². The highest BCUT2D eigenvalue weighted by molar-refractivity contribution is 5.70. The van der Waals surface area contributed by atoms with E-state index in [1.807, 2.05) is 0 Å². The summed E-state index contributed by atoms with van der Waals surface area (Å²) in [5.74, 6) is 0. The van der Waals surface area contributed by atoms with Gasteiger partial charge in [0, 0.05) is 17.8 Å². The maximum absolute atomic E-state index is 3.33. The molecular weight excluding hydrogens is 134 g/mol. The molecule has 0 spiro atoms. The van der Waals surface area contributed by atoms with Crippen molar-refractivity contribution in [1.29, 1.82) is 0 Å². The molecule has 0 bridgehead atoms. The lowest BCUT2D eigenvalue weighted by molar-refractivity contribution is 0.943. The molecule has 56 valence electrons. The van der Waals surface area contributed by atoms with Crippen molar-refractivity contribution in [2.24, 2.45) is 0 Å². The summed E-state index contributed by atoms with van der Waals surface area (Å²) in [6.07, 6.45) is 2.12.